The molecule has 0 radical (unpaired) electrons. The van der Waals surface area contributed by atoms with Gasteiger partial charge in [0.2, 0.25) is 5.91 Å². The van der Waals surface area contributed by atoms with Gasteiger partial charge >= 0.3 is 0 Å². The van der Waals surface area contributed by atoms with Crippen LogP contribution in [0.25, 0.3) is 0 Å². The number of hydrogen-bond acceptors (Lipinski definition) is 2. The number of nitrogens with two attached hydrogens (primary N) is 1. The Morgan fingerprint density at radius 2 is 2.14 bits per heavy atom. The minimum atomic E-state index is 0.0477. The van der Waals surface area contributed by atoms with Crippen LogP contribution in [0, 0.1) is 5.92 Å². The highest BCUT2D eigenvalue weighted by Crippen LogP contribution is 2.33. The van der Waals surface area contributed by atoms with E-state index >= 15 is 0 Å². The van der Waals surface area contributed by atoms with Gasteiger partial charge in [0, 0.05) is 13.1 Å². The summed E-state index contributed by atoms with van der Waals surface area (Å²) in [6.07, 6.45) is 4.08. The van der Waals surface area contributed by atoms with E-state index in [2.05, 4.69) is 38.1 Å². The molecule has 0 fully saturated rings. The molecule has 116 valence electrons. The number of rotatable bonds is 6. The first-order valence-electron chi connectivity index (χ1n) is 8.20. The van der Waals surface area contributed by atoms with Gasteiger partial charge in [-0.3, -0.25) is 4.79 Å². The predicted molar refractivity (Wildman–Crippen MR) is 87.2 cm³/mol. The van der Waals surface area contributed by atoms with Crippen LogP contribution in [0.3, 0.4) is 0 Å². The molecular formula is C18H28N2O. The first-order chi connectivity index (χ1) is 10.1. The molecule has 0 spiro atoms. The van der Waals surface area contributed by atoms with E-state index in [0.29, 0.717) is 18.4 Å². The number of carbonyl (C=O) groups is 1. The van der Waals surface area contributed by atoms with E-state index in [4.69, 9.17) is 5.73 Å². The molecule has 1 aromatic carbocycles. The third-order valence-corrected chi connectivity index (χ3v) is 4.20. The van der Waals surface area contributed by atoms with Gasteiger partial charge in [0.1, 0.15) is 0 Å². The van der Waals surface area contributed by atoms with Crippen molar-refractivity contribution in [1.29, 1.82) is 0 Å². The van der Waals surface area contributed by atoms with Crippen molar-refractivity contribution >= 4 is 5.91 Å². The number of aryl methyl sites for hydroxylation is 1. The third-order valence-electron chi connectivity index (χ3n) is 4.20. The fourth-order valence-corrected chi connectivity index (χ4v) is 3.25. The summed E-state index contributed by atoms with van der Waals surface area (Å²) in [5, 5.41) is 0. The number of amides is 1. The van der Waals surface area contributed by atoms with Crippen molar-refractivity contribution < 1.29 is 4.79 Å². The van der Waals surface area contributed by atoms with Gasteiger partial charge in [0.15, 0.2) is 0 Å². The molecule has 1 unspecified atom stereocenters. The lowest BCUT2D eigenvalue weighted by molar-refractivity contribution is -0.133. The van der Waals surface area contributed by atoms with Crippen LogP contribution in [0.1, 0.15) is 50.2 Å². The van der Waals surface area contributed by atoms with Gasteiger partial charge in [-0.15, -0.1) is 0 Å². The number of hydrogen-bond donors (Lipinski definition) is 1. The van der Waals surface area contributed by atoms with E-state index in [1.807, 2.05) is 4.90 Å². The minimum Gasteiger partial charge on any atom is -0.342 e. The molecule has 0 aliphatic heterocycles. The molecule has 0 aromatic heterocycles. The largest absolute Gasteiger partial charge is 0.342 e. The zero-order valence-corrected chi connectivity index (χ0v) is 13.3. The SMILES string of the molecule is CC(C)CN(CCCN)C(=O)C1CCCc2ccccc21. The van der Waals surface area contributed by atoms with Gasteiger partial charge in [-0.1, -0.05) is 38.1 Å². The summed E-state index contributed by atoms with van der Waals surface area (Å²) in [6.45, 7) is 6.59. The Balaban J connectivity index is 2.16. The maximum atomic E-state index is 13.0. The van der Waals surface area contributed by atoms with Gasteiger partial charge < -0.3 is 10.6 Å². The smallest absolute Gasteiger partial charge is 0.230 e. The summed E-state index contributed by atoms with van der Waals surface area (Å²) >= 11 is 0. The first kappa shape index (κ1) is 16.0. The molecule has 0 bridgehead atoms. The predicted octanol–water partition coefficient (Wildman–Crippen LogP) is 2.94. The summed E-state index contributed by atoms with van der Waals surface area (Å²) in [4.78, 5) is 15.0. The highest BCUT2D eigenvalue weighted by molar-refractivity contribution is 5.84. The monoisotopic (exact) mass is 288 g/mol. The van der Waals surface area contributed by atoms with Crippen molar-refractivity contribution in [2.45, 2.75) is 45.4 Å². The van der Waals surface area contributed by atoms with Crippen LogP contribution in [0.4, 0.5) is 0 Å². The normalized spacial score (nSPS) is 17.6. The van der Waals surface area contributed by atoms with Gasteiger partial charge in [0.05, 0.1) is 5.92 Å². The van der Waals surface area contributed by atoms with Gasteiger partial charge in [-0.25, -0.2) is 0 Å². The Kier molecular flexibility index (Phi) is 5.80. The summed E-state index contributed by atoms with van der Waals surface area (Å²) in [5.41, 5.74) is 8.22. The Hall–Kier alpha value is -1.35. The average Bonchev–Trinajstić information content (AvgIpc) is 2.50. The average molecular weight is 288 g/mol. The van der Waals surface area contributed by atoms with Crippen LogP contribution < -0.4 is 5.73 Å². The van der Waals surface area contributed by atoms with E-state index in [1.54, 1.807) is 0 Å². The summed E-state index contributed by atoms with van der Waals surface area (Å²) in [6, 6.07) is 8.43. The topological polar surface area (TPSA) is 46.3 Å². The van der Waals surface area contributed by atoms with Crippen molar-refractivity contribution in [1.82, 2.24) is 4.90 Å². The van der Waals surface area contributed by atoms with E-state index in [-0.39, 0.29) is 5.92 Å². The quantitative estimate of drug-likeness (QED) is 0.875. The molecule has 1 aromatic rings. The van der Waals surface area contributed by atoms with E-state index in [1.165, 1.54) is 11.1 Å². The third kappa shape index (κ3) is 4.07. The van der Waals surface area contributed by atoms with E-state index in [9.17, 15) is 4.79 Å². The standard InChI is InChI=1S/C18H28N2O/c1-14(2)13-20(12-6-11-19)18(21)17-10-5-8-15-7-3-4-9-16(15)17/h3-4,7,9,14,17H,5-6,8,10-13,19H2,1-2H3. The molecule has 1 aliphatic carbocycles. The number of fused-ring (bicyclic) bond motifs is 1. The van der Waals surface area contributed by atoms with Crippen molar-refractivity contribution in [3.63, 3.8) is 0 Å². The lowest BCUT2D eigenvalue weighted by Crippen LogP contribution is -2.39. The van der Waals surface area contributed by atoms with Crippen LogP contribution in [0.15, 0.2) is 24.3 Å². The number of carbonyl (C=O) groups excluding carboxylic acids is 1. The summed E-state index contributed by atoms with van der Waals surface area (Å²) in [7, 11) is 0. The first-order valence-corrected chi connectivity index (χ1v) is 8.20. The second-order valence-corrected chi connectivity index (χ2v) is 6.46. The van der Waals surface area contributed by atoms with Crippen LogP contribution in [0.2, 0.25) is 0 Å². The molecule has 0 saturated heterocycles. The maximum absolute atomic E-state index is 13.0. The summed E-state index contributed by atoms with van der Waals surface area (Å²) in [5.74, 6) is 0.835. The second-order valence-electron chi connectivity index (χ2n) is 6.46. The molecule has 2 N–H and O–H groups in total. The molecule has 3 nitrogen and oxygen atoms in total. The van der Waals surface area contributed by atoms with Crippen LogP contribution >= 0.6 is 0 Å². The molecule has 21 heavy (non-hydrogen) atoms. The minimum absolute atomic E-state index is 0.0477. The zero-order valence-electron chi connectivity index (χ0n) is 13.3. The number of nitrogens with zero attached hydrogens (tertiary/aromatic N) is 1. The van der Waals surface area contributed by atoms with Gasteiger partial charge in [0.25, 0.3) is 0 Å². The van der Waals surface area contributed by atoms with Crippen LogP contribution in [-0.2, 0) is 11.2 Å². The molecule has 1 atom stereocenters. The van der Waals surface area contributed by atoms with Crippen molar-refractivity contribution in [2.75, 3.05) is 19.6 Å². The van der Waals surface area contributed by atoms with Crippen molar-refractivity contribution in [2.24, 2.45) is 11.7 Å². The van der Waals surface area contributed by atoms with Crippen LogP contribution in [-0.4, -0.2) is 30.4 Å². The Morgan fingerprint density at radius 1 is 1.38 bits per heavy atom. The molecule has 3 heteroatoms. The summed E-state index contributed by atoms with van der Waals surface area (Å²) < 4.78 is 0. The van der Waals surface area contributed by atoms with Crippen molar-refractivity contribution in [3.8, 4) is 0 Å². The maximum Gasteiger partial charge on any atom is 0.230 e. The molecule has 0 heterocycles. The second kappa shape index (κ2) is 7.60. The lowest BCUT2D eigenvalue weighted by atomic mass is 9.82. The zero-order chi connectivity index (χ0) is 15.2. The van der Waals surface area contributed by atoms with Crippen LogP contribution in [0.5, 0.6) is 0 Å². The number of benzene rings is 1. The Labute approximate surface area is 128 Å². The molecule has 1 aliphatic rings. The van der Waals surface area contributed by atoms with Crippen molar-refractivity contribution in [3.05, 3.63) is 35.4 Å². The molecule has 1 amide bonds. The molecule has 2 rings (SSSR count). The highest BCUT2D eigenvalue weighted by Gasteiger charge is 2.29. The fraction of sp³-hybridized carbons (Fsp3) is 0.611. The van der Waals surface area contributed by atoms with Gasteiger partial charge in [-0.2, -0.15) is 0 Å². The van der Waals surface area contributed by atoms with Gasteiger partial charge in [-0.05, 0) is 49.3 Å². The Morgan fingerprint density at radius 3 is 2.86 bits per heavy atom. The van der Waals surface area contributed by atoms with E-state index in [0.717, 1.165) is 38.8 Å². The molecule has 0 saturated carbocycles. The fourth-order valence-electron chi connectivity index (χ4n) is 3.25. The molecular weight excluding hydrogens is 260 g/mol. The Bertz CT molecular complexity index is 470. The lowest BCUT2D eigenvalue weighted by Gasteiger charge is -2.32. The van der Waals surface area contributed by atoms with E-state index < -0.39 is 0 Å². The highest BCUT2D eigenvalue weighted by atomic mass is 16.2.